The lowest BCUT2D eigenvalue weighted by Crippen LogP contribution is -2.11. The zero-order chi connectivity index (χ0) is 16.2. The Morgan fingerprint density at radius 2 is 2.09 bits per heavy atom. The standard InChI is InChI=1S/C15H15N5O2S/c1-10(22-2)14-18-19-15(23-14)17-13(21)11-4-6-12(7-5-11)20-9-3-8-16-20/h3-10H,1-2H3,(H,17,19,21). The van der Waals surface area contributed by atoms with Crippen LogP contribution in [0.1, 0.15) is 28.4 Å². The van der Waals surface area contributed by atoms with Crippen molar-refractivity contribution in [3.05, 3.63) is 53.3 Å². The summed E-state index contributed by atoms with van der Waals surface area (Å²) in [5, 5.41) is 16.0. The van der Waals surface area contributed by atoms with Crippen molar-refractivity contribution in [1.29, 1.82) is 0 Å². The van der Waals surface area contributed by atoms with Crippen LogP contribution in [0.25, 0.3) is 5.69 Å². The molecule has 0 saturated carbocycles. The number of aromatic nitrogens is 4. The Kier molecular flexibility index (Phi) is 4.45. The zero-order valence-corrected chi connectivity index (χ0v) is 13.4. The van der Waals surface area contributed by atoms with Crippen LogP contribution in [0.2, 0.25) is 0 Å². The molecular weight excluding hydrogens is 314 g/mol. The molecule has 1 amide bonds. The lowest BCUT2D eigenvalue weighted by Gasteiger charge is -2.04. The number of nitrogens with one attached hydrogen (secondary N) is 1. The quantitative estimate of drug-likeness (QED) is 0.778. The number of carbonyl (C=O) groups is 1. The fourth-order valence-electron chi connectivity index (χ4n) is 1.91. The molecule has 0 bridgehead atoms. The summed E-state index contributed by atoms with van der Waals surface area (Å²) >= 11 is 1.30. The average Bonchev–Trinajstić information content (AvgIpc) is 3.26. The Labute approximate surface area is 136 Å². The van der Waals surface area contributed by atoms with Gasteiger partial charge in [0.05, 0.1) is 5.69 Å². The maximum atomic E-state index is 12.2. The summed E-state index contributed by atoms with van der Waals surface area (Å²) in [6.07, 6.45) is 3.40. The van der Waals surface area contributed by atoms with Crippen LogP contribution >= 0.6 is 11.3 Å². The summed E-state index contributed by atoms with van der Waals surface area (Å²) in [5.41, 5.74) is 1.43. The van der Waals surface area contributed by atoms with E-state index >= 15 is 0 Å². The maximum Gasteiger partial charge on any atom is 0.257 e. The third-order valence-electron chi connectivity index (χ3n) is 3.26. The first-order valence-electron chi connectivity index (χ1n) is 6.95. The monoisotopic (exact) mass is 329 g/mol. The summed E-state index contributed by atoms with van der Waals surface area (Å²) in [5.74, 6) is -0.232. The molecular formula is C15H15N5O2S. The van der Waals surface area contributed by atoms with E-state index in [9.17, 15) is 4.79 Å². The van der Waals surface area contributed by atoms with E-state index in [1.54, 1.807) is 30.1 Å². The minimum atomic E-state index is -0.232. The van der Waals surface area contributed by atoms with Crippen LogP contribution in [-0.4, -0.2) is 33.0 Å². The van der Waals surface area contributed by atoms with Crippen molar-refractivity contribution in [2.24, 2.45) is 0 Å². The normalized spacial score (nSPS) is 12.1. The van der Waals surface area contributed by atoms with Crippen molar-refractivity contribution < 1.29 is 9.53 Å². The molecule has 1 N–H and O–H groups in total. The average molecular weight is 329 g/mol. The van der Waals surface area contributed by atoms with E-state index < -0.39 is 0 Å². The molecule has 118 valence electrons. The highest BCUT2D eigenvalue weighted by Crippen LogP contribution is 2.23. The van der Waals surface area contributed by atoms with Gasteiger partial charge in [0.1, 0.15) is 11.1 Å². The molecule has 23 heavy (non-hydrogen) atoms. The Bertz CT molecular complexity index is 783. The Hall–Kier alpha value is -2.58. The van der Waals surface area contributed by atoms with E-state index in [1.807, 2.05) is 31.3 Å². The molecule has 0 fully saturated rings. The van der Waals surface area contributed by atoms with Gasteiger partial charge in [-0.3, -0.25) is 10.1 Å². The molecule has 0 aliphatic heterocycles. The summed E-state index contributed by atoms with van der Waals surface area (Å²) in [6.45, 7) is 1.88. The molecule has 3 rings (SSSR count). The molecule has 1 unspecified atom stereocenters. The van der Waals surface area contributed by atoms with E-state index in [-0.39, 0.29) is 12.0 Å². The molecule has 0 radical (unpaired) electrons. The van der Waals surface area contributed by atoms with E-state index in [2.05, 4.69) is 20.6 Å². The Morgan fingerprint density at radius 3 is 2.74 bits per heavy atom. The van der Waals surface area contributed by atoms with Crippen molar-refractivity contribution in [3.8, 4) is 5.69 Å². The van der Waals surface area contributed by atoms with Crippen LogP contribution in [0.4, 0.5) is 5.13 Å². The molecule has 1 aromatic carbocycles. The van der Waals surface area contributed by atoms with Gasteiger partial charge in [-0.1, -0.05) is 11.3 Å². The third-order valence-corrected chi connectivity index (χ3v) is 4.26. The fraction of sp³-hybridized carbons (Fsp3) is 0.200. The van der Waals surface area contributed by atoms with Gasteiger partial charge in [-0.15, -0.1) is 10.2 Å². The lowest BCUT2D eigenvalue weighted by molar-refractivity contribution is 0.102. The smallest absolute Gasteiger partial charge is 0.257 e. The molecule has 3 aromatic rings. The molecule has 0 saturated heterocycles. The van der Waals surface area contributed by atoms with E-state index in [0.717, 1.165) is 10.7 Å². The predicted molar refractivity (Wildman–Crippen MR) is 86.9 cm³/mol. The Morgan fingerprint density at radius 1 is 1.30 bits per heavy atom. The SMILES string of the molecule is COC(C)c1nnc(NC(=O)c2ccc(-n3cccn3)cc2)s1. The number of benzene rings is 1. The molecule has 7 nitrogen and oxygen atoms in total. The number of methoxy groups -OCH3 is 1. The summed E-state index contributed by atoms with van der Waals surface area (Å²) in [4.78, 5) is 12.2. The molecule has 2 aromatic heterocycles. The highest BCUT2D eigenvalue weighted by atomic mass is 32.1. The van der Waals surface area contributed by atoms with Gasteiger partial charge in [0.15, 0.2) is 0 Å². The third kappa shape index (κ3) is 3.43. The maximum absolute atomic E-state index is 12.2. The van der Waals surface area contributed by atoms with Crippen molar-refractivity contribution in [2.75, 3.05) is 12.4 Å². The van der Waals surface area contributed by atoms with Gasteiger partial charge in [0, 0.05) is 25.1 Å². The summed E-state index contributed by atoms with van der Waals surface area (Å²) < 4.78 is 6.90. The highest BCUT2D eigenvalue weighted by Gasteiger charge is 2.14. The van der Waals surface area contributed by atoms with Crippen LogP contribution in [-0.2, 0) is 4.74 Å². The first-order chi connectivity index (χ1) is 11.2. The number of ether oxygens (including phenoxy) is 1. The molecule has 0 aliphatic rings. The van der Waals surface area contributed by atoms with Crippen LogP contribution in [0.5, 0.6) is 0 Å². The Balaban J connectivity index is 1.69. The van der Waals surface area contributed by atoms with Gasteiger partial charge in [-0.2, -0.15) is 5.10 Å². The van der Waals surface area contributed by atoms with Gasteiger partial charge in [0.25, 0.3) is 5.91 Å². The second-order valence-corrected chi connectivity index (χ2v) is 5.78. The first kappa shape index (κ1) is 15.3. The molecule has 1 atom stereocenters. The second-order valence-electron chi connectivity index (χ2n) is 4.78. The van der Waals surface area contributed by atoms with E-state index in [0.29, 0.717) is 10.7 Å². The van der Waals surface area contributed by atoms with Crippen LogP contribution in [0.15, 0.2) is 42.7 Å². The van der Waals surface area contributed by atoms with Gasteiger partial charge < -0.3 is 4.74 Å². The number of rotatable bonds is 5. The number of nitrogens with zero attached hydrogens (tertiary/aromatic N) is 4. The van der Waals surface area contributed by atoms with Crippen molar-refractivity contribution >= 4 is 22.4 Å². The number of amides is 1. The van der Waals surface area contributed by atoms with Crippen molar-refractivity contribution in [1.82, 2.24) is 20.0 Å². The van der Waals surface area contributed by atoms with Gasteiger partial charge in [0.2, 0.25) is 5.13 Å². The van der Waals surface area contributed by atoms with E-state index in [4.69, 9.17) is 4.74 Å². The molecule has 0 spiro atoms. The van der Waals surface area contributed by atoms with Crippen LogP contribution in [0, 0.1) is 0 Å². The fourth-order valence-corrected chi connectivity index (χ4v) is 2.67. The van der Waals surface area contributed by atoms with Gasteiger partial charge in [-0.25, -0.2) is 4.68 Å². The molecule has 2 heterocycles. The lowest BCUT2D eigenvalue weighted by atomic mass is 10.2. The number of hydrogen-bond donors (Lipinski definition) is 1. The second kappa shape index (κ2) is 6.67. The summed E-state index contributed by atoms with van der Waals surface area (Å²) in [7, 11) is 1.60. The molecule has 8 heteroatoms. The zero-order valence-electron chi connectivity index (χ0n) is 12.6. The van der Waals surface area contributed by atoms with Crippen LogP contribution < -0.4 is 5.32 Å². The van der Waals surface area contributed by atoms with Crippen LogP contribution in [0.3, 0.4) is 0 Å². The predicted octanol–water partition coefficient (Wildman–Crippen LogP) is 2.68. The van der Waals surface area contributed by atoms with Crippen molar-refractivity contribution in [2.45, 2.75) is 13.0 Å². The number of anilines is 1. The number of hydrogen-bond acceptors (Lipinski definition) is 6. The first-order valence-corrected chi connectivity index (χ1v) is 7.76. The van der Waals surface area contributed by atoms with E-state index in [1.165, 1.54) is 11.3 Å². The topological polar surface area (TPSA) is 81.9 Å². The largest absolute Gasteiger partial charge is 0.374 e. The van der Waals surface area contributed by atoms with Gasteiger partial charge in [-0.05, 0) is 37.3 Å². The molecule has 0 aliphatic carbocycles. The van der Waals surface area contributed by atoms with Gasteiger partial charge >= 0.3 is 0 Å². The van der Waals surface area contributed by atoms with Crippen molar-refractivity contribution in [3.63, 3.8) is 0 Å². The highest BCUT2D eigenvalue weighted by molar-refractivity contribution is 7.15. The summed E-state index contributed by atoms with van der Waals surface area (Å²) in [6, 6.07) is 8.99. The number of carbonyl (C=O) groups excluding carboxylic acids is 1. The minimum absolute atomic E-state index is 0.147. The minimum Gasteiger partial charge on any atom is -0.374 e.